The molecule has 0 fully saturated rings. The van der Waals surface area contributed by atoms with Crippen LogP contribution in [0.3, 0.4) is 0 Å². The van der Waals surface area contributed by atoms with Crippen LogP contribution in [0.4, 0.5) is 0 Å². The van der Waals surface area contributed by atoms with E-state index >= 15 is 0 Å². The largest absolute Gasteiger partial charge is 0.329 e. The van der Waals surface area contributed by atoms with Crippen LogP contribution < -0.4 is 27.9 Å². The molecule has 0 saturated carbocycles. The fourth-order valence-electron chi connectivity index (χ4n) is 1.03. The van der Waals surface area contributed by atoms with Gasteiger partial charge in [-0.3, -0.25) is 5.84 Å². The van der Waals surface area contributed by atoms with Gasteiger partial charge in [0.25, 0.3) is 0 Å². The third-order valence-corrected chi connectivity index (χ3v) is 1.79. The second-order valence-electron chi connectivity index (χ2n) is 3.11. The summed E-state index contributed by atoms with van der Waals surface area (Å²) >= 11 is 0. The van der Waals surface area contributed by atoms with Gasteiger partial charge in [0.15, 0.2) is 0 Å². The lowest BCUT2D eigenvalue weighted by molar-refractivity contribution is 0.290. The molecule has 0 aliphatic heterocycles. The molecule has 0 atom stereocenters. The smallest absolute Gasteiger partial charge is 0.0254 e. The van der Waals surface area contributed by atoms with Gasteiger partial charge in [-0.2, -0.15) is 0 Å². The second-order valence-corrected chi connectivity index (χ2v) is 3.11. The van der Waals surface area contributed by atoms with E-state index in [1.807, 2.05) is 0 Å². The Kier molecular flexibility index (Phi) is 10.7. The predicted octanol–water partition coefficient (Wildman–Crippen LogP) is -2.74. The molecule has 8 N–H and O–H groups in total. The molecular formula is C8H24N6. The van der Waals surface area contributed by atoms with E-state index in [0.717, 1.165) is 39.3 Å². The average Bonchev–Trinajstić information content (AvgIpc) is 2.17. The molecule has 0 amide bonds. The van der Waals surface area contributed by atoms with Gasteiger partial charge >= 0.3 is 0 Å². The molecule has 0 heterocycles. The Morgan fingerprint density at radius 2 is 1.43 bits per heavy atom. The highest BCUT2D eigenvalue weighted by Crippen LogP contribution is 1.72. The van der Waals surface area contributed by atoms with Gasteiger partial charge in [0.05, 0.1) is 0 Å². The molecule has 0 bridgehead atoms. The van der Waals surface area contributed by atoms with Gasteiger partial charge < -0.3 is 22.1 Å². The van der Waals surface area contributed by atoms with Crippen LogP contribution in [-0.2, 0) is 0 Å². The summed E-state index contributed by atoms with van der Waals surface area (Å²) in [6, 6.07) is 0. The van der Waals surface area contributed by atoms with Crippen LogP contribution in [0.25, 0.3) is 0 Å². The van der Waals surface area contributed by atoms with Gasteiger partial charge in [-0.25, -0.2) is 5.01 Å². The molecule has 0 aliphatic carbocycles. The zero-order valence-corrected chi connectivity index (χ0v) is 8.84. The quantitative estimate of drug-likeness (QED) is 0.150. The zero-order valence-electron chi connectivity index (χ0n) is 8.84. The van der Waals surface area contributed by atoms with Crippen molar-refractivity contribution in [1.29, 1.82) is 0 Å². The molecule has 0 aromatic carbocycles. The van der Waals surface area contributed by atoms with Crippen LogP contribution in [0.2, 0.25) is 0 Å². The van der Waals surface area contributed by atoms with Crippen molar-refractivity contribution in [2.45, 2.75) is 0 Å². The molecule has 0 spiro atoms. The maximum absolute atomic E-state index is 5.63. The first-order valence-corrected chi connectivity index (χ1v) is 5.12. The number of hydrogen-bond acceptors (Lipinski definition) is 6. The van der Waals surface area contributed by atoms with E-state index in [-0.39, 0.29) is 0 Å². The lowest BCUT2D eigenvalue weighted by Gasteiger charge is -2.15. The Labute approximate surface area is 86.1 Å². The van der Waals surface area contributed by atoms with Crippen LogP contribution in [0.5, 0.6) is 0 Å². The molecule has 14 heavy (non-hydrogen) atoms. The van der Waals surface area contributed by atoms with E-state index in [0.29, 0.717) is 13.1 Å². The summed E-state index contributed by atoms with van der Waals surface area (Å²) < 4.78 is 0. The molecule has 0 unspecified atom stereocenters. The third kappa shape index (κ3) is 9.85. The lowest BCUT2D eigenvalue weighted by Crippen LogP contribution is -2.41. The third-order valence-electron chi connectivity index (χ3n) is 1.79. The Morgan fingerprint density at radius 3 is 2.00 bits per heavy atom. The van der Waals surface area contributed by atoms with E-state index in [9.17, 15) is 0 Å². The topological polar surface area (TPSA) is 105 Å². The molecule has 0 aromatic heterocycles. The summed E-state index contributed by atoms with van der Waals surface area (Å²) in [5.74, 6) is 5.63. The van der Waals surface area contributed by atoms with Crippen molar-refractivity contribution in [2.75, 3.05) is 52.4 Å². The van der Waals surface area contributed by atoms with Crippen LogP contribution in [0.15, 0.2) is 0 Å². The highest BCUT2D eigenvalue weighted by atomic mass is 15.4. The van der Waals surface area contributed by atoms with Gasteiger partial charge in [-0.1, -0.05) is 0 Å². The van der Waals surface area contributed by atoms with E-state index in [1.54, 1.807) is 5.01 Å². The summed E-state index contributed by atoms with van der Waals surface area (Å²) in [5, 5.41) is 8.19. The Hall–Kier alpha value is -0.240. The van der Waals surface area contributed by atoms with Crippen LogP contribution in [0.1, 0.15) is 0 Å². The summed E-state index contributed by atoms with van der Waals surface area (Å²) in [6.07, 6.45) is 0. The van der Waals surface area contributed by atoms with E-state index in [2.05, 4.69) is 10.6 Å². The molecule has 6 heteroatoms. The summed E-state index contributed by atoms with van der Waals surface area (Å²) in [7, 11) is 0. The molecule has 0 rings (SSSR count). The maximum atomic E-state index is 5.63. The minimum atomic E-state index is 0.606. The molecule has 86 valence electrons. The predicted molar refractivity (Wildman–Crippen MR) is 59.6 cm³/mol. The summed E-state index contributed by atoms with van der Waals surface area (Å²) in [5.41, 5.74) is 10.7. The number of rotatable bonds is 10. The van der Waals surface area contributed by atoms with Crippen LogP contribution >= 0.6 is 0 Å². The van der Waals surface area contributed by atoms with Gasteiger partial charge in [0.2, 0.25) is 0 Å². The van der Waals surface area contributed by atoms with Gasteiger partial charge in [-0.05, 0) is 0 Å². The maximum Gasteiger partial charge on any atom is 0.0254 e. The number of nitrogens with zero attached hydrogens (tertiary/aromatic N) is 1. The van der Waals surface area contributed by atoms with Crippen LogP contribution in [0, 0.1) is 0 Å². The normalized spacial score (nSPS) is 11.1. The van der Waals surface area contributed by atoms with Crippen molar-refractivity contribution in [1.82, 2.24) is 15.6 Å². The van der Waals surface area contributed by atoms with Crippen molar-refractivity contribution < 1.29 is 0 Å². The van der Waals surface area contributed by atoms with Crippen molar-refractivity contribution in [2.24, 2.45) is 17.3 Å². The first-order chi connectivity index (χ1) is 6.81. The Balaban J connectivity index is 2.98. The second kappa shape index (κ2) is 10.8. The van der Waals surface area contributed by atoms with Crippen molar-refractivity contribution in [3.8, 4) is 0 Å². The summed E-state index contributed by atoms with van der Waals surface area (Å²) in [4.78, 5) is 0. The molecule has 0 aromatic rings. The number of nitrogens with two attached hydrogens (primary N) is 3. The molecule has 0 aliphatic rings. The molecule has 0 radical (unpaired) electrons. The average molecular weight is 204 g/mol. The van der Waals surface area contributed by atoms with E-state index in [1.165, 1.54) is 0 Å². The first-order valence-electron chi connectivity index (χ1n) is 5.12. The minimum absolute atomic E-state index is 0.606. The highest BCUT2D eigenvalue weighted by Gasteiger charge is 1.95. The van der Waals surface area contributed by atoms with E-state index in [4.69, 9.17) is 17.3 Å². The number of hydrogen-bond donors (Lipinski definition) is 5. The molecule has 0 saturated heterocycles. The minimum Gasteiger partial charge on any atom is -0.329 e. The standard InChI is InChI=1S/C8H24N6/c9-1-3-12-4-5-13-6-8-14(11)7-2-10/h12-13H,1-11H2. The van der Waals surface area contributed by atoms with Gasteiger partial charge in [0.1, 0.15) is 0 Å². The van der Waals surface area contributed by atoms with Crippen LogP contribution in [-0.4, -0.2) is 57.4 Å². The van der Waals surface area contributed by atoms with Crippen molar-refractivity contribution in [3.63, 3.8) is 0 Å². The Bertz CT molecular complexity index is 110. The molecule has 6 nitrogen and oxygen atoms in total. The number of nitrogens with one attached hydrogen (secondary N) is 2. The highest BCUT2D eigenvalue weighted by molar-refractivity contribution is 4.55. The first kappa shape index (κ1) is 13.8. The fraction of sp³-hybridized carbons (Fsp3) is 1.00. The van der Waals surface area contributed by atoms with Gasteiger partial charge in [0, 0.05) is 52.4 Å². The molecular weight excluding hydrogens is 180 g/mol. The monoisotopic (exact) mass is 204 g/mol. The Morgan fingerprint density at radius 1 is 0.786 bits per heavy atom. The van der Waals surface area contributed by atoms with E-state index < -0.39 is 0 Å². The summed E-state index contributed by atoms with van der Waals surface area (Å²) in [6.45, 7) is 6.51. The van der Waals surface area contributed by atoms with Crippen molar-refractivity contribution in [3.05, 3.63) is 0 Å². The SMILES string of the molecule is NCCNCCNCCN(N)CCN. The van der Waals surface area contributed by atoms with Crippen molar-refractivity contribution >= 4 is 0 Å². The van der Waals surface area contributed by atoms with Gasteiger partial charge in [-0.15, -0.1) is 0 Å². The fourth-order valence-corrected chi connectivity index (χ4v) is 1.03. The zero-order chi connectivity index (χ0) is 10.6. The lowest BCUT2D eigenvalue weighted by atomic mass is 10.5. The number of hydrazine groups is 1.